The maximum absolute atomic E-state index is 2.36. The molecule has 0 amide bonds. The molecule has 0 aliphatic rings. The highest BCUT2D eigenvalue weighted by Gasteiger charge is 2.15. The van der Waals surface area contributed by atoms with Crippen LogP contribution in [-0.2, 0) is 0 Å². The standard InChI is InChI=1S/C50H33NS/c1-2-12-44(13-3-1)51(45-14-8-11-38(31-45)43-26-28-50-48(33-43)47-15-6-7-16-49(47)52-50)46-27-25-41-30-40(23-24-42(41)32-46)36-19-17-35(18-20-36)39-22-21-34-9-4-5-10-37(34)29-39/h1-33H. The van der Waals surface area contributed by atoms with Crippen LogP contribution in [0.4, 0.5) is 17.1 Å². The van der Waals surface area contributed by atoms with E-state index in [1.54, 1.807) is 0 Å². The van der Waals surface area contributed by atoms with Gasteiger partial charge in [0, 0.05) is 37.2 Å². The summed E-state index contributed by atoms with van der Waals surface area (Å²) in [5.41, 5.74) is 10.7. The lowest BCUT2D eigenvalue weighted by molar-refractivity contribution is 1.29. The molecule has 52 heavy (non-hydrogen) atoms. The van der Waals surface area contributed by atoms with Gasteiger partial charge in [-0.15, -0.1) is 11.3 Å². The highest BCUT2D eigenvalue weighted by molar-refractivity contribution is 7.25. The molecule has 1 aromatic heterocycles. The van der Waals surface area contributed by atoms with Crippen LogP contribution < -0.4 is 4.90 Å². The van der Waals surface area contributed by atoms with Crippen molar-refractivity contribution in [2.24, 2.45) is 0 Å². The fourth-order valence-electron chi connectivity index (χ4n) is 7.53. The topological polar surface area (TPSA) is 3.24 Å². The van der Waals surface area contributed by atoms with Crippen molar-refractivity contribution in [1.82, 2.24) is 0 Å². The monoisotopic (exact) mass is 679 g/mol. The average molecular weight is 680 g/mol. The van der Waals surface area contributed by atoms with Crippen LogP contribution >= 0.6 is 11.3 Å². The van der Waals surface area contributed by atoms with E-state index in [0.717, 1.165) is 17.1 Å². The Kier molecular flexibility index (Phi) is 7.41. The summed E-state index contributed by atoms with van der Waals surface area (Å²) in [4.78, 5) is 2.36. The molecule has 0 bridgehead atoms. The number of benzene rings is 9. The minimum atomic E-state index is 1.13. The molecule has 1 heterocycles. The van der Waals surface area contributed by atoms with Crippen molar-refractivity contribution in [3.8, 4) is 33.4 Å². The number of rotatable bonds is 6. The predicted molar refractivity (Wildman–Crippen MR) is 225 cm³/mol. The van der Waals surface area contributed by atoms with Gasteiger partial charge in [0.25, 0.3) is 0 Å². The van der Waals surface area contributed by atoms with Crippen molar-refractivity contribution >= 4 is 70.1 Å². The lowest BCUT2D eigenvalue weighted by Crippen LogP contribution is -2.09. The number of nitrogens with zero attached hydrogens (tertiary/aromatic N) is 1. The molecule has 244 valence electrons. The van der Waals surface area contributed by atoms with Crippen LogP contribution in [0.1, 0.15) is 0 Å². The van der Waals surface area contributed by atoms with Crippen molar-refractivity contribution in [2.45, 2.75) is 0 Å². The lowest BCUT2D eigenvalue weighted by Gasteiger charge is -2.26. The number of anilines is 3. The molecule has 9 aromatic carbocycles. The minimum Gasteiger partial charge on any atom is -0.310 e. The fraction of sp³-hybridized carbons (Fsp3) is 0. The highest BCUT2D eigenvalue weighted by Crippen LogP contribution is 2.40. The van der Waals surface area contributed by atoms with Gasteiger partial charge in [-0.3, -0.25) is 0 Å². The van der Waals surface area contributed by atoms with Gasteiger partial charge in [0.15, 0.2) is 0 Å². The quantitative estimate of drug-likeness (QED) is 0.169. The van der Waals surface area contributed by atoms with Crippen LogP contribution in [-0.4, -0.2) is 0 Å². The first kappa shape index (κ1) is 30.4. The van der Waals surface area contributed by atoms with E-state index >= 15 is 0 Å². The van der Waals surface area contributed by atoms with Gasteiger partial charge in [0.2, 0.25) is 0 Å². The molecule has 1 nitrogen and oxygen atoms in total. The van der Waals surface area contributed by atoms with Crippen molar-refractivity contribution in [2.75, 3.05) is 4.90 Å². The van der Waals surface area contributed by atoms with E-state index in [1.807, 2.05) is 11.3 Å². The molecule has 0 saturated heterocycles. The largest absolute Gasteiger partial charge is 0.310 e. The molecule has 10 rings (SSSR count). The lowest BCUT2D eigenvalue weighted by atomic mass is 9.97. The summed E-state index contributed by atoms with van der Waals surface area (Å²) < 4.78 is 2.65. The molecular weight excluding hydrogens is 647 g/mol. The van der Waals surface area contributed by atoms with E-state index < -0.39 is 0 Å². The van der Waals surface area contributed by atoms with Crippen molar-refractivity contribution in [3.05, 3.63) is 200 Å². The normalized spacial score (nSPS) is 11.5. The molecule has 0 atom stereocenters. The molecule has 0 spiro atoms. The first-order valence-corrected chi connectivity index (χ1v) is 18.6. The van der Waals surface area contributed by atoms with Crippen molar-refractivity contribution < 1.29 is 0 Å². The van der Waals surface area contributed by atoms with Gasteiger partial charge in [-0.25, -0.2) is 0 Å². The smallest absolute Gasteiger partial charge is 0.0468 e. The van der Waals surface area contributed by atoms with Gasteiger partial charge in [-0.1, -0.05) is 133 Å². The van der Waals surface area contributed by atoms with Crippen LogP contribution in [0.2, 0.25) is 0 Å². The summed E-state index contributed by atoms with van der Waals surface area (Å²) in [6.07, 6.45) is 0. The molecular formula is C50H33NS. The van der Waals surface area contributed by atoms with Gasteiger partial charge in [-0.2, -0.15) is 0 Å². The molecule has 10 aromatic rings. The second kappa shape index (κ2) is 12.7. The number of thiophene rings is 1. The Hall–Kier alpha value is -6.48. The summed E-state index contributed by atoms with van der Waals surface area (Å²) in [6, 6.07) is 73.0. The van der Waals surface area contributed by atoms with E-state index in [0.29, 0.717) is 0 Å². The van der Waals surface area contributed by atoms with Crippen LogP contribution in [0, 0.1) is 0 Å². The maximum atomic E-state index is 2.36. The van der Waals surface area contributed by atoms with E-state index in [4.69, 9.17) is 0 Å². The third-order valence-corrected chi connectivity index (χ3v) is 11.4. The molecule has 0 saturated carbocycles. The molecule has 2 heteroatoms. The Morgan fingerprint density at radius 3 is 1.60 bits per heavy atom. The SMILES string of the molecule is c1ccc(N(c2cccc(-c3ccc4sc5ccccc5c4c3)c2)c2ccc3cc(-c4ccc(-c5ccc6ccccc6c5)cc4)ccc3c2)cc1. The first-order valence-electron chi connectivity index (χ1n) is 17.7. The zero-order valence-electron chi connectivity index (χ0n) is 28.4. The van der Waals surface area contributed by atoms with Crippen LogP contribution in [0.15, 0.2) is 200 Å². The van der Waals surface area contributed by atoms with Crippen molar-refractivity contribution in [1.29, 1.82) is 0 Å². The van der Waals surface area contributed by atoms with Gasteiger partial charge < -0.3 is 4.90 Å². The second-order valence-electron chi connectivity index (χ2n) is 13.4. The number of hydrogen-bond acceptors (Lipinski definition) is 2. The zero-order valence-corrected chi connectivity index (χ0v) is 29.2. The summed E-state index contributed by atoms with van der Waals surface area (Å²) in [7, 11) is 0. The Morgan fingerprint density at radius 1 is 0.269 bits per heavy atom. The van der Waals surface area contributed by atoms with E-state index in [2.05, 4.69) is 205 Å². The molecule has 0 aliphatic heterocycles. The van der Waals surface area contributed by atoms with Crippen LogP contribution in [0.3, 0.4) is 0 Å². The first-order chi connectivity index (χ1) is 25.7. The van der Waals surface area contributed by atoms with Crippen LogP contribution in [0.25, 0.3) is 75.1 Å². The Morgan fingerprint density at radius 2 is 0.788 bits per heavy atom. The number of hydrogen-bond donors (Lipinski definition) is 0. The highest BCUT2D eigenvalue weighted by atomic mass is 32.1. The number of fused-ring (bicyclic) bond motifs is 5. The Bertz CT molecular complexity index is 2900. The summed E-state index contributed by atoms with van der Waals surface area (Å²) in [6.45, 7) is 0. The Balaban J connectivity index is 0.986. The van der Waals surface area contributed by atoms with E-state index in [-0.39, 0.29) is 0 Å². The second-order valence-corrected chi connectivity index (χ2v) is 14.5. The van der Waals surface area contributed by atoms with Crippen LogP contribution in [0.5, 0.6) is 0 Å². The average Bonchev–Trinajstić information content (AvgIpc) is 3.59. The predicted octanol–water partition coefficient (Wildman–Crippen LogP) is 14.8. The van der Waals surface area contributed by atoms with E-state index in [1.165, 1.54) is 75.1 Å². The fourth-order valence-corrected chi connectivity index (χ4v) is 8.62. The molecule has 0 N–H and O–H groups in total. The molecule has 0 aliphatic carbocycles. The zero-order chi connectivity index (χ0) is 34.4. The minimum absolute atomic E-state index is 1.13. The van der Waals surface area contributed by atoms with Gasteiger partial charge >= 0.3 is 0 Å². The van der Waals surface area contributed by atoms with Gasteiger partial charge in [-0.05, 0) is 122 Å². The summed E-state index contributed by atoms with van der Waals surface area (Å²) in [5, 5.41) is 7.60. The summed E-state index contributed by atoms with van der Waals surface area (Å²) >= 11 is 1.86. The maximum Gasteiger partial charge on any atom is 0.0468 e. The number of para-hydroxylation sites is 1. The Labute approximate surface area is 307 Å². The molecule has 0 fully saturated rings. The van der Waals surface area contributed by atoms with Gasteiger partial charge in [0.05, 0.1) is 0 Å². The third-order valence-electron chi connectivity index (χ3n) is 10.2. The third kappa shape index (κ3) is 5.51. The molecule has 0 radical (unpaired) electrons. The van der Waals surface area contributed by atoms with Crippen molar-refractivity contribution in [3.63, 3.8) is 0 Å². The van der Waals surface area contributed by atoms with Gasteiger partial charge in [0.1, 0.15) is 0 Å². The summed E-state index contributed by atoms with van der Waals surface area (Å²) in [5.74, 6) is 0. The molecule has 0 unspecified atom stereocenters. The van der Waals surface area contributed by atoms with E-state index in [9.17, 15) is 0 Å².